The maximum Gasteiger partial charge on any atom is 0.157 e. The third-order valence-electron chi connectivity index (χ3n) is 3.78. The Morgan fingerprint density at radius 2 is 1.70 bits per heavy atom. The lowest BCUT2D eigenvalue weighted by Gasteiger charge is -2.27. The number of methoxy groups -OCH3 is 1. The average molecular weight is 271 g/mol. The van der Waals surface area contributed by atoms with E-state index < -0.39 is 0 Å². The fourth-order valence-electron chi connectivity index (χ4n) is 2.62. The van der Waals surface area contributed by atoms with Crippen molar-refractivity contribution in [3.05, 3.63) is 53.1 Å². The van der Waals surface area contributed by atoms with Gasteiger partial charge >= 0.3 is 0 Å². The number of aromatic hydroxyl groups is 2. The fourth-order valence-corrected chi connectivity index (χ4v) is 2.62. The summed E-state index contributed by atoms with van der Waals surface area (Å²) >= 11 is 0. The molecule has 0 aliphatic carbocycles. The summed E-state index contributed by atoms with van der Waals surface area (Å²) in [6.07, 6.45) is 0.787. The number of fused-ring (bicyclic) bond motifs is 1. The van der Waals surface area contributed by atoms with Gasteiger partial charge in [0.25, 0.3) is 0 Å². The summed E-state index contributed by atoms with van der Waals surface area (Å²) in [5.74, 6) is 0.722. The Morgan fingerprint density at radius 1 is 1.05 bits per heavy atom. The predicted molar refractivity (Wildman–Crippen MR) is 76.1 cm³/mol. The Bertz CT molecular complexity index is 622. The zero-order valence-electron chi connectivity index (χ0n) is 11.3. The minimum Gasteiger partial charge on any atom is -0.504 e. The van der Waals surface area contributed by atoms with Gasteiger partial charge in [-0.1, -0.05) is 12.1 Å². The quantitative estimate of drug-likeness (QED) is 0.734. The number of hydrogen-bond donors (Lipinski definition) is 3. The molecular weight excluding hydrogens is 254 g/mol. The van der Waals surface area contributed by atoms with Gasteiger partial charge in [-0.2, -0.15) is 0 Å². The molecular formula is C16H17NO3. The van der Waals surface area contributed by atoms with Crippen LogP contribution in [0.25, 0.3) is 0 Å². The van der Waals surface area contributed by atoms with Crippen LogP contribution in [0.5, 0.6) is 17.2 Å². The van der Waals surface area contributed by atoms with Gasteiger partial charge in [0.15, 0.2) is 11.5 Å². The largest absolute Gasteiger partial charge is 0.504 e. The molecule has 3 N–H and O–H groups in total. The zero-order chi connectivity index (χ0) is 14.1. The highest BCUT2D eigenvalue weighted by Gasteiger charge is 2.21. The van der Waals surface area contributed by atoms with Gasteiger partial charge in [-0.05, 0) is 47.4 Å². The Morgan fingerprint density at radius 3 is 2.35 bits per heavy atom. The van der Waals surface area contributed by atoms with E-state index in [1.54, 1.807) is 19.2 Å². The summed E-state index contributed by atoms with van der Waals surface area (Å²) in [6, 6.07) is 11.5. The SMILES string of the molecule is COc1ccc(C2Cc3cc(O)c(O)cc3CN2)cc1. The van der Waals surface area contributed by atoms with E-state index >= 15 is 0 Å². The van der Waals surface area contributed by atoms with Crippen molar-refractivity contribution in [3.63, 3.8) is 0 Å². The van der Waals surface area contributed by atoms with Crippen molar-refractivity contribution in [2.75, 3.05) is 7.11 Å². The Balaban J connectivity index is 1.85. The lowest BCUT2D eigenvalue weighted by Crippen LogP contribution is -2.28. The van der Waals surface area contributed by atoms with Crippen molar-refractivity contribution in [3.8, 4) is 17.2 Å². The van der Waals surface area contributed by atoms with Crippen LogP contribution >= 0.6 is 0 Å². The van der Waals surface area contributed by atoms with Gasteiger partial charge in [-0.25, -0.2) is 0 Å². The monoisotopic (exact) mass is 271 g/mol. The maximum absolute atomic E-state index is 9.61. The zero-order valence-corrected chi connectivity index (χ0v) is 11.3. The van der Waals surface area contributed by atoms with E-state index in [2.05, 4.69) is 5.32 Å². The predicted octanol–water partition coefficient (Wildman–Crippen LogP) is 2.49. The fraction of sp³-hybridized carbons (Fsp3) is 0.250. The van der Waals surface area contributed by atoms with E-state index in [4.69, 9.17) is 4.74 Å². The molecule has 3 rings (SSSR count). The van der Waals surface area contributed by atoms with Crippen LogP contribution < -0.4 is 10.1 Å². The molecule has 1 unspecified atom stereocenters. The molecule has 0 fully saturated rings. The van der Waals surface area contributed by atoms with E-state index in [9.17, 15) is 10.2 Å². The first-order valence-electron chi connectivity index (χ1n) is 6.58. The van der Waals surface area contributed by atoms with Crippen LogP contribution in [0.15, 0.2) is 36.4 Å². The molecule has 0 saturated heterocycles. The van der Waals surface area contributed by atoms with Gasteiger partial charge in [-0.3, -0.25) is 0 Å². The summed E-state index contributed by atoms with van der Waals surface area (Å²) in [5, 5.41) is 22.6. The van der Waals surface area contributed by atoms with Crippen LogP contribution in [0, 0.1) is 0 Å². The number of nitrogens with one attached hydrogen (secondary N) is 1. The van der Waals surface area contributed by atoms with Gasteiger partial charge in [0, 0.05) is 12.6 Å². The number of rotatable bonds is 2. The molecule has 1 aliphatic heterocycles. The van der Waals surface area contributed by atoms with Crippen LogP contribution in [0.1, 0.15) is 22.7 Å². The highest BCUT2D eigenvalue weighted by Crippen LogP contribution is 2.34. The van der Waals surface area contributed by atoms with Crippen molar-refractivity contribution in [1.82, 2.24) is 5.32 Å². The minimum absolute atomic E-state index is 0.0564. The minimum atomic E-state index is -0.0616. The molecule has 0 saturated carbocycles. The standard InChI is InChI=1S/C16H17NO3/c1-20-13-4-2-10(3-5-13)14-6-11-7-15(18)16(19)8-12(11)9-17-14/h2-5,7-8,14,17-19H,6,9H2,1H3. The van der Waals surface area contributed by atoms with E-state index in [-0.39, 0.29) is 17.5 Å². The van der Waals surface area contributed by atoms with Crippen molar-refractivity contribution < 1.29 is 14.9 Å². The van der Waals surface area contributed by atoms with E-state index in [0.29, 0.717) is 6.54 Å². The number of phenolic OH excluding ortho intramolecular Hbond substituents is 2. The number of benzene rings is 2. The molecule has 20 heavy (non-hydrogen) atoms. The van der Waals surface area contributed by atoms with Crippen LogP contribution in [0.2, 0.25) is 0 Å². The Kier molecular flexibility index (Phi) is 3.24. The molecule has 1 aliphatic rings. The summed E-state index contributed by atoms with van der Waals surface area (Å²) in [5.41, 5.74) is 3.29. The van der Waals surface area contributed by atoms with Gasteiger partial charge in [0.2, 0.25) is 0 Å². The topological polar surface area (TPSA) is 61.7 Å². The smallest absolute Gasteiger partial charge is 0.157 e. The third-order valence-corrected chi connectivity index (χ3v) is 3.78. The van der Waals surface area contributed by atoms with Gasteiger partial charge in [-0.15, -0.1) is 0 Å². The van der Waals surface area contributed by atoms with Crippen LogP contribution in [-0.4, -0.2) is 17.3 Å². The van der Waals surface area contributed by atoms with Crippen LogP contribution in [0.4, 0.5) is 0 Å². The molecule has 2 aromatic carbocycles. The molecule has 0 bridgehead atoms. The summed E-state index contributed by atoms with van der Waals surface area (Å²) < 4.78 is 5.16. The van der Waals surface area contributed by atoms with Gasteiger partial charge in [0.05, 0.1) is 7.11 Å². The van der Waals surface area contributed by atoms with E-state index in [1.165, 1.54) is 5.56 Å². The highest BCUT2D eigenvalue weighted by molar-refractivity contribution is 5.47. The molecule has 4 nitrogen and oxygen atoms in total. The number of ether oxygens (including phenoxy) is 1. The second-order valence-corrected chi connectivity index (χ2v) is 5.02. The first kappa shape index (κ1) is 12.8. The normalized spacial score (nSPS) is 17.6. The van der Waals surface area contributed by atoms with Crippen LogP contribution in [0.3, 0.4) is 0 Å². The molecule has 104 valence electrons. The summed E-state index contributed by atoms with van der Waals surface area (Å²) in [4.78, 5) is 0. The Hall–Kier alpha value is -2.20. The first-order chi connectivity index (χ1) is 9.67. The second-order valence-electron chi connectivity index (χ2n) is 5.02. The molecule has 2 aromatic rings. The molecule has 0 amide bonds. The second kappa shape index (κ2) is 5.06. The van der Waals surface area contributed by atoms with Gasteiger partial charge in [0.1, 0.15) is 5.75 Å². The van der Waals surface area contributed by atoms with E-state index in [0.717, 1.165) is 23.3 Å². The molecule has 1 heterocycles. The maximum atomic E-state index is 9.61. The highest BCUT2D eigenvalue weighted by atomic mass is 16.5. The summed E-state index contributed by atoms with van der Waals surface area (Å²) in [7, 11) is 1.65. The van der Waals surface area contributed by atoms with Crippen molar-refractivity contribution in [1.29, 1.82) is 0 Å². The molecule has 0 spiro atoms. The lowest BCUT2D eigenvalue weighted by molar-refractivity contribution is 0.398. The molecule has 0 radical (unpaired) electrons. The van der Waals surface area contributed by atoms with Crippen molar-refractivity contribution in [2.24, 2.45) is 0 Å². The van der Waals surface area contributed by atoms with Crippen molar-refractivity contribution in [2.45, 2.75) is 19.0 Å². The molecule has 1 atom stereocenters. The van der Waals surface area contributed by atoms with Crippen molar-refractivity contribution >= 4 is 0 Å². The van der Waals surface area contributed by atoms with E-state index in [1.807, 2.05) is 24.3 Å². The lowest BCUT2D eigenvalue weighted by atomic mass is 9.91. The van der Waals surface area contributed by atoms with Crippen LogP contribution in [-0.2, 0) is 13.0 Å². The summed E-state index contributed by atoms with van der Waals surface area (Å²) in [6.45, 7) is 0.680. The molecule has 4 heteroatoms. The number of phenols is 2. The third kappa shape index (κ3) is 2.30. The van der Waals surface area contributed by atoms with Gasteiger partial charge < -0.3 is 20.3 Å². The Labute approximate surface area is 117 Å². The molecule has 0 aromatic heterocycles. The average Bonchev–Trinajstić information content (AvgIpc) is 2.48. The first-order valence-corrected chi connectivity index (χ1v) is 6.58. The number of hydrogen-bond acceptors (Lipinski definition) is 4.